The van der Waals surface area contributed by atoms with Crippen LogP contribution in [-0.4, -0.2) is 45.7 Å². The molecule has 5 heteroatoms. The Morgan fingerprint density at radius 3 is 2.73 bits per heavy atom. The van der Waals surface area contributed by atoms with Crippen molar-refractivity contribution in [2.24, 2.45) is 5.92 Å². The highest BCUT2D eigenvalue weighted by molar-refractivity contribution is 5.79. The Balaban J connectivity index is 2.39. The number of carbonyl (C=O) groups is 2. The lowest BCUT2D eigenvalue weighted by atomic mass is 10.00. The quantitative estimate of drug-likeness (QED) is 0.335. The molecule has 146 valence electrons. The number of amides is 1. The highest BCUT2D eigenvalue weighted by Crippen LogP contribution is 2.21. The van der Waals surface area contributed by atoms with Gasteiger partial charge in [0, 0.05) is 32.2 Å². The van der Waals surface area contributed by atoms with Crippen LogP contribution in [0.4, 0.5) is 0 Å². The van der Waals surface area contributed by atoms with Gasteiger partial charge in [-0.25, -0.2) is 0 Å². The van der Waals surface area contributed by atoms with E-state index in [9.17, 15) is 14.7 Å². The van der Waals surface area contributed by atoms with Gasteiger partial charge >= 0.3 is 5.97 Å². The molecule has 1 aliphatic rings. The third-order valence-corrected chi connectivity index (χ3v) is 4.75. The lowest BCUT2D eigenvalue weighted by Gasteiger charge is -2.23. The second kappa shape index (κ2) is 12.5. The number of unbranched alkanes of at least 4 members (excludes halogenated alkanes) is 3. The molecule has 1 rings (SSSR count). The predicted molar refractivity (Wildman–Crippen MR) is 102 cm³/mol. The van der Waals surface area contributed by atoms with Crippen LogP contribution in [0, 0.1) is 17.8 Å². The van der Waals surface area contributed by atoms with E-state index in [1.165, 1.54) is 0 Å². The first kappa shape index (κ1) is 22.2. The number of hydrogen-bond donors (Lipinski definition) is 2. The number of carboxylic acid groups (broad SMARTS) is 1. The lowest BCUT2D eigenvalue weighted by molar-refractivity contribution is -0.137. The van der Waals surface area contributed by atoms with E-state index in [1.807, 2.05) is 24.8 Å². The molecular weight excluding hydrogens is 330 g/mol. The van der Waals surface area contributed by atoms with E-state index in [4.69, 9.17) is 5.11 Å². The number of aliphatic carboxylic acids is 1. The zero-order valence-electron chi connectivity index (χ0n) is 16.1. The zero-order chi connectivity index (χ0) is 19.4. The molecule has 0 radical (unpaired) electrons. The second-order valence-corrected chi connectivity index (χ2v) is 7.02. The lowest BCUT2D eigenvalue weighted by Crippen LogP contribution is -2.33. The molecule has 1 fully saturated rings. The predicted octanol–water partition coefficient (Wildman–Crippen LogP) is 3.37. The molecule has 5 nitrogen and oxygen atoms in total. The molecule has 3 atom stereocenters. The van der Waals surface area contributed by atoms with Crippen LogP contribution in [-0.2, 0) is 9.59 Å². The number of aliphatic hydroxyl groups is 1. The number of rotatable bonds is 11. The van der Waals surface area contributed by atoms with Crippen molar-refractivity contribution in [3.8, 4) is 11.8 Å². The summed E-state index contributed by atoms with van der Waals surface area (Å²) in [6, 6.07) is 0.0603. The average Bonchev–Trinajstić information content (AvgIpc) is 2.95. The van der Waals surface area contributed by atoms with E-state index in [0.717, 1.165) is 32.1 Å². The van der Waals surface area contributed by atoms with E-state index >= 15 is 0 Å². The molecule has 1 aliphatic heterocycles. The molecule has 0 saturated carbocycles. The first-order chi connectivity index (χ1) is 12.5. The summed E-state index contributed by atoms with van der Waals surface area (Å²) in [5.41, 5.74) is 0. The summed E-state index contributed by atoms with van der Waals surface area (Å²) in [5, 5.41) is 18.9. The summed E-state index contributed by atoms with van der Waals surface area (Å²) >= 11 is 0. The Morgan fingerprint density at radius 2 is 2.04 bits per heavy atom. The minimum absolute atomic E-state index is 0.0603. The summed E-state index contributed by atoms with van der Waals surface area (Å²) in [6.07, 6.45) is 9.68. The van der Waals surface area contributed by atoms with E-state index in [2.05, 4.69) is 11.8 Å². The van der Waals surface area contributed by atoms with Crippen molar-refractivity contribution >= 4 is 11.9 Å². The molecule has 2 N–H and O–H groups in total. The monoisotopic (exact) mass is 363 g/mol. The molecule has 1 amide bonds. The summed E-state index contributed by atoms with van der Waals surface area (Å²) in [6.45, 7) is 4.69. The molecule has 0 aromatic rings. The maximum absolute atomic E-state index is 12.1. The van der Waals surface area contributed by atoms with Gasteiger partial charge in [-0.15, -0.1) is 11.8 Å². The summed E-state index contributed by atoms with van der Waals surface area (Å²) in [7, 11) is 0. The van der Waals surface area contributed by atoms with E-state index in [0.29, 0.717) is 25.8 Å². The highest BCUT2D eigenvalue weighted by Gasteiger charge is 2.28. The molecule has 0 bridgehead atoms. The normalized spacial score (nSPS) is 19.4. The van der Waals surface area contributed by atoms with Crippen molar-refractivity contribution in [3.63, 3.8) is 0 Å². The van der Waals surface area contributed by atoms with E-state index in [1.54, 1.807) is 6.08 Å². The van der Waals surface area contributed by atoms with Crippen LogP contribution in [0.3, 0.4) is 0 Å². The van der Waals surface area contributed by atoms with Gasteiger partial charge in [-0.1, -0.05) is 38.8 Å². The number of likely N-dealkylation sites (tertiary alicyclic amines) is 1. The van der Waals surface area contributed by atoms with Crippen LogP contribution in [0.25, 0.3) is 0 Å². The van der Waals surface area contributed by atoms with Gasteiger partial charge in [0.2, 0.25) is 5.91 Å². The molecular formula is C21H33NO4. The Kier molecular flexibility index (Phi) is 10.7. The van der Waals surface area contributed by atoms with Crippen molar-refractivity contribution in [3.05, 3.63) is 12.2 Å². The van der Waals surface area contributed by atoms with Gasteiger partial charge in [-0.2, -0.15) is 0 Å². The number of carbonyl (C=O) groups excluding carboxylic acids is 1. The van der Waals surface area contributed by atoms with Crippen LogP contribution in [0.5, 0.6) is 0 Å². The molecule has 0 unspecified atom stereocenters. The van der Waals surface area contributed by atoms with Crippen molar-refractivity contribution in [1.29, 1.82) is 0 Å². The largest absolute Gasteiger partial charge is 0.481 e. The van der Waals surface area contributed by atoms with Gasteiger partial charge < -0.3 is 15.1 Å². The van der Waals surface area contributed by atoms with Crippen LogP contribution >= 0.6 is 0 Å². The Morgan fingerprint density at radius 1 is 1.31 bits per heavy atom. The first-order valence-electron chi connectivity index (χ1n) is 9.79. The number of hydrogen-bond acceptors (Lipinski definition) is 3. The standard InChI is InChI=1S/C21H33NO4/c1-3-4-7-10-17(2)19(23)14-12-18-13-15-20(24)22(18)16-9-6-5-8-11-21(25)26/h12,14,17-19,23H,3,5-6,8-11,13,15-16H2,1-2H3,(H,25,26)/b14-12+/t17-,18-,19+/m0/s1. The first-order valence-corrected chi connectivity index (χ1v) is 9.79. The van der Waals surface area contributed by atoms with Gasteiger partial charge in [0.15, 0.2) is 0 Å². The van der Waals surface area contributed by atoms with Crippen LogP contribution in [0.15, 0.2) is 12.2 Å². The maximum atomic E-state index is 12.1. The van der Waals surface area contributed by atoms with Crippen molar-refractivity contribution in [2.45, 2.75) is 83.8 Å². The SMILES string of the molecule is CCC#CC[C@H](C)[C@H](O)/C=C/[C@H]1CCC(=O)N1CCCCCCC(=O)O. The summed E-state index contributed by atoms with van der Waals surface area (Å²) in [5.74, 6) is 5.57. The maximum Gasteiger partial charge on any atom is 0.303 e. The fourth-order valence-corrected chi connectivity index (χ4v) is 3.07. The van der Waals surface area contributed by atoms with Gasteiger partial charge in [-0.05, 0) is 25.2 Å². The molecule has 1 heterocycles. The third kappa shape index (κ3) is 8.53. The molecule has 0 aromatic heterocycles. The third-order valence-electron chi connectivity index (χ3n) is 4.75. The van der Waals surface area contributed by atoms with E-state index in [-0.39, 0.29) is 24.3 Å². The van der Waals surface area contributed by atoms with Crippen LogP contribution in [0.2, 0.25) is 0 Å². The minimum Gasteiger partial charge on any atom is -0.481 e. The second-order valence-electron chi connectivity index (χ2n) is 7.02. The number of carboxylic acids is 1. The molecule has 0 aliphatic carbocycles. The minimum atomic E-state index is -0.751. The highest BCUT2D eigenvalue weighted by atomic mass is 16.4. The van der Waals surface area contributed by atoms with Gasteiger partial charge in [-0.3, -0.25) is 9.59 Å². The smallest absolute Gasteiger partial charge is 0.303 e. The van der Waals surface area contributed by atoms with Crippen LogP contribution < -0.4 is 0 Å². The van der Waals surface area contributed by atoms with Crippen molar-refractivity contribution in [1.82, 2.24) is 4.90 Å². The van der Waals surface area contributed by atoms with Gasteiger partial charge in [0.25, 0.3) is 0 Å². The molecule has 0 aromatic carbocycles. The Labute approximate surface area is 157 Å². The molecule has 1 saturated heterocycles. The van der Waals surface area contributed by atoms with Crippen molar-refractivity contribution < 1.29 is 19.8 Å². The zero-order valence-corrected chi connectivity index (χ0v) is 16.1. The topological polar surface area (TPSA) is 77.8 Å². The average molecular weight is 363 g/mol. The van der Waals surface area contributed by atoms with E-state index < -0.39 is 12.1 Å². The molecule has 26 heavy (non-hydrogen) atoms. The fourth-order valence-electron chi connectivity index (χ4n) is 3.07. The van der Waals surface area contributed by atoms with Gasteiger partial charge in [0.05, 0.1) is 12.1 Å². The summed E-state index contributed by atoms with van der Waals surface area (Å²) < 4.78 is 0. The number of aliphatic hydroxyl groups excluding tert-OH is 1. The Bertz CT molecular complexity index is 532. The van der Waals surface area contributed by atoms with Gasteiger partial charge in [0.1, 0.15) is 0 Å². The number of nitrogens with zero attached hydrogens (tertiary/aromatic N) is 1. The fraction of sp³-hybridized carbons (Fsp3) is 0.714. The Hall–Kier alpha value is -1.80. The van der Waals surface area contributed by atoms with Crippen molar-refractivity contribution in [2.75, 3.05) is 6.54 Å². The summed E-state index contributed by atoms with van der Waals surface area (Å²) in [4.78, 5) is 24.5. The van der Waals surface area contributed by atoms with Crippen LogP contribution in [0.1, 0.15) is 71.6 Å². The molecule has 0 spiro atoms.